The third-order valence-corrected chi connectivity index (χ3v) is 9.86. The molecule has 3 heterocycles. The van der Waals surface area contributed by atoms with Gasteiger partial charge in [-0.15, -0.1) is 0 Å². The third kappa shape index (κ3) is 7.65. The second-order valence-electron chi connectivity index (χ2n) is 13.5. The van der Waals surface area contributed by atoms with E-state index in [0.29, 0.717) is 89.5 Å². The van der Waals surface area contributed by atoms with Crippen LogP contribution in [-0.4, -0.2) is 63.0 Å². The van der Waals surface area contributed by atoms with Crippen LogP contribution in [0, 0.1) is 0 Å². The highest BCUT2D eigenvalue weighted by Crippen LogP contribution is 2.56. The molecule has 54 heavy (non-hydrogen) atoms. The first-order valence-corrected chi connectivity index (χ1v) is 18.6. The van der Waals surface area contributed by atoms with Crippen LogP contribution < -0.4 is 24.8 Å². The molecule has 0 aromatic heterocycles. The molecule has 1 unspecified atom stereocenters. The van der Waals surface area contributed by atoms with E-state index in [0.717, 1.165) is 18.4 Å². The lowest BCUT2D eigenvalue weighted by Crippen LogP contribution is -2.43. The van der Waals surface area contributed by atoms with Gasteiger partial charge in [0, 0.05) is 53.3 Å². The second-order valence-corrected chi connectivity index (χ2v) is 13.5. The van der Waals surface area contributed by atoms with E-state index >= 15 is 0 Å². The first kappa shape index (κ1) is 36.6. The topological polar surface area (TPSA) is 134 Å². The van der Waals surface area contributed by atoms with Crippen molar-refractivity contribution >= 4 is 29.5 Å². The molecule has 4 aromatic rings. The Morgan fingerprint density at radius 2 is 1.50 bits per heavy atom. The Morgan fingerprint density at radius 1 is 0.796 bits per heavy atom. The Bertz CT molecular complexity index is 2010. The number of urea groups is 1. The molecule has 3 amide bonds. The van der Waals surface area contributed by atoms with Crippen molar-refractivity contribution in [1.29, 1.82) is 0 Å². The number of benzene rings is 4. The summed E-state index contributed by atoms with van der Waals surface area (Å²) < 4.78 is 35.2. The van der Waals surface area contributed by atoms with Gasteiger partial charge in [0.25, 0.3) is 0 Å². The number of hydrogen-bond donors (Lipinski definition) is 2. The summed E-state index contributed by atoms with van der Waals surface area (Å²) in [6.07, 6.45) is 6.30. The van der Waals surface area contributed by atoms with Gasteiger partial charge in [-0.1, -0.05) is 63.3 Å². The van der Waals surface area contributed by atoms with Crippen molar-refractivity contribution in [3.63, 3.8) is 0 Å². The van der Waals surface area contributed by atoms with Gasteiger partial charge in [0.2, 0.25) is 0 Å². The van der Waals surface area contributed by atoms with E-state index in [1.807, 2.05) is 24.3 Å². The monoisotopic (exact) mass is 735 g/mol. The fraction of sp³-hybridized carbons (Fsp3) is 0.357. The zero-order valence-electron chi connectivity index (χ0n) is 30.6. The number of carbonyl (C=O) groups excluding carboxylic acids is 3. The summed E-state index contributed by atoms with van der Waals surface area (Å²) in [7, 11) is 1.60. The number of morpholine rings is 1. The summed E-state index contributed by atoms with van der Waals surface area (Å²) in [5, 5.41) is 5.73. The fourth-order valence-corrected chi connectivity index (χ4v) is 7.09. The van der Waals surface area contributed by atoms with E-state index in [1.165, 1.54) is 25.7 Å². The highest BCUT2D eigenvalue weighted by atomic mass is 16.6. The molecule has 0 radical (unpaired) electrons. The number of ether oxygens (including phenoxy) is 6. The first-order valence-electron chi connectivity index (χ1n) is 18.6. The van der Waals surface area contributed by atoms with Gasteiger partial charge in [-0.05, 0) is 54.4 Å². The van der Waals surface area contributed by atoms with Gasteiger partial charge in [-0.2, -0.15) is 0 Å². The Kier molecular flexibility index (Phi) is 11.2. The van der Waals surface area contributed by atoms with E-state index in [4.69, 9.17) is 28.4 Å². The molecule has 1 spiro atoms. The molecule has 0 aliphatic carbocycles. The van der Waals surface area contributed by atoms with E-state index in [9.17, 15) is 14.4 Å². The first-order chi connectivity index (χ1) is 26.4. The lowest BCUT2D eigenvalue weighted by atomic mass is 9.77. The minimum absolute atomic E-state index is 0.00676. The number of unbranched alkanes of at least 4 members (excludes halogenated alkanes) is 5. The average Bonchev–Trinajstić information content (AvgIpc) is 3.49. The number of nitrogens with zero attached hydrogens (tertiary/aromatic N) is 1. The molecule has 3 aliphatic rings. The largest absolute Gasteiger partial charge is 0.493 e. The molecular weight excluding hydrogens is 690 g/mol. The van der Waals surface area contributed by atoms with Crippen LogP contribution in [0.15, 0.2) is 78.9 Å². The number of nitrogens with one attached hydrogen (secondary N) is 2. The van der Waals surface area contributed by atoms with Crippen LogP contribution in [0.25, 0.3) is 0 Å². The Morgan fingerprint density at radius 3 is 2.24 bits per heavy atom. The normalized spacial score (nSPS) is 16.7. The quantitative estimate of drug-likeness (QED) is 0.102. The molecule has 1 saturated heterocycles. The Hall–Kier alpha value is -5.75. The summed E-state index contributed by atoms with van der Waals surface area (Å²) in [4.78, 5) is 41.0. The van der Waals surface area contributed by atoms with Crippen molar-refractivity contribution in [2.45, 2.75) is 57.7 Å². The number of fused-ring (bicyclic) bond motifs is 6. The maximum absolute atomic E-state index is 13.3. The summed E-state index contributed by atoms with van der Waals surface area (Å²) in [6, 6.07) is 22.9. The van der Waals surface area contributed by atoms with Crippen molar-refractivity contribution in [3.05, 3.63) is 107 Å². The maximum Gasteiger partial charge on any atom is 0.411 e. The number of methoxy groups -OCH3 is 1. The van der Waals surface area contributed by atoms with E-state index < -0.39 is 17.7 Å². The highest BCUT2D eigenvalue weighted by molar-refractivity contribution is 5.97. The molecule has 0 saturated carbocycles. The summed E-state index contributed by atoms with van der Waals surface area (Å²) in [5.74, 6) is 1.51. The Balaban J connectivity index is 1.07. The van der Waals surface area contributed by atoms with Crippen molar-refractivity contribution in [3.8, 4) is 23.0 Å². The minimum atomic E-state index is -1.31. The van der Waals surface area contributed by atoms with Gasteiger partial charge in [0.15, 0.2) is 17.1 Å². The van der Waals surface area contributed by atoms with E-state index in [1.54, 1.807) is 66.6 Å². The van der Waals surface area contributed by atoms with Gasteiger partial charge >= 0.3 is 18.1 Å². The summed E-state index contributed by atoms with van der Waals surface area (Å²) >= 11 is 0. The number of rotatable bonds is 13. The molecule has 2 N–H and O–H groups in total. The van der Waals surface area contributed by atoms with Crippen LogP contribution in [0.5, 0.6) is 23.0 Å². The van der Waals surface area contributed by atoms with Gasteiger partial charge < -0.3 is 38.6 Å². The smallest absolute Gasteiger partial charge is 0.411 e. The average molecular weight is 736 g/mol. The standard InChI is InChI=1S/C42H45N3O9/c1-3-4-5-6-7-10-21-51-38-24-28(13-18-35(38)49-2)27-52-41(48)44-30-15-17-34-37(26-30)53-36-25-29(43-40(47)45-19-22-50-23-20-45)14-16-33(36)42(34)32-12-9-8-11-31(32)39(46)54-42/h8-9,11-18,24-26H,3-7,10,19-23,27H2,1-2H3,(H,43,47)(H,44,48). The van der Waals surface area contributed by atoms with Crippen LogP contribution in [0.2, 0.25) is 0 Å². The summed E-state index contributed by atoms with van der Waals surface area (Å²) in [6.45, 7) is 4.72. The lowest BCUT2D eigenvalue weighted by Gasteiger charge is -2.37. The van der Waals surface area contributed by atoms with Crippen LogP contribution in [0.3, 0.4) is 0 Å². The van der Waals surface area contributed by atoms with Crippen LogP contribution in [-0.2, 0) is 26.4 Å². The van der Waals surface area contributed by atoms with Crippen molar-refractivity contribution in [1.82, 2.24) is 4.90 Å². The van der Waals surface area contributed by atoms with Gasteiger partial charge in [-0.25, -0.2) is 14.4 Å². The molecule has 1 fully saturated rings. The lowest BCUT2D eigenvalue weighted by molar-refractivity contribution is 0.0224. The highest BCUT2D eigenvalue weighted by Gasteiger charge is 2.53. The third-order valence-electron chi connectivity index (χ3n) is 9.86. The van der Waals surface area contributed by atoms with Crippen LogP contribution in [0.1, 0.15) is 78.1 Å². The Labute approximate surface area is 314 Å². The molecule has 3 aliphatic heterocycles. The van der Waals surface area contributed by atoms with E-state index in [-0.39, 0.29) is 12.6 Å². The molecule has 4 aromatic carbocycles. The predicted molar refractivity (Wildman–Crippen MR) is 202 cm³/mol. The van der Waals surface area contributed by atoms with E-state index in [2.05, 4.69) is 17.6 Å². The molecule has 12 heteroatoms. The van der Waals surface area contributed by atoms with Gasteiger partial charge in [0.1, 0.15) is 18.1 Å². The zero-order valence-corrected chi connectivity index (χ0v) is 30.6. The molecule has 282 valence electrons. The number of hydrogen-bond acceptors (Lipinski definition) is 9. The second kappa shape index (κ2) is 16.5. The van der Waals surface area contributed by atoms with Gasteiger partial charge in [-0.3, -0.25) is 5.32 Å². The van der Waals surface area contributed by atoms with Crippen LogP contribution in [0.4, 0.5) is 21.0 Å². The van der Waals surface area contributed by atoms with Crippen LogP contribution >= 0.6 is 0 Å². The number of anilines is 2. The van der Waals surface area contributed by atoms with Crippen molar-refractivity contribution < 1.29 is 42.8 Å². The number of amides is 3. The number of carbonyl (C=O) groups is 3. The summed E-state index contributed by atoms with van der Waals surface area (Å²) in [5.41, 5.74) is 2.65. The molecule has 12 nitrogen and oxygen atoms in total. The van der Waals surface area contributed by atoms with Crippen molar-refractivity contribution in [2.75, 3.05) is 50.7 Å². The minimum Gasteiger partial charge on any atom is -0.493 e. The number of esters is 1. The molecule has 7 rings (SSSR count). The molecule has 0 bridgehead atoms. The predicted octanol–water partition coefficient (Wildman–Crippen LogP) is 8.62. The van der Waals surface area contributed by atoms with Gasteiger partial charge in [0.05, 0.1) is 32.5 Å². The van der Waals surface area contributed by atoms with Crippen molar-refractivity contribution in [2.24, 2.45) is 0 Å². The zero-order chi connectivity index (χ0) is 37.5. The fourth-order valence-electron chi connectivity index (χ4n) is 7.09. The maximum atomic E-state index is 13.3. The SMILES string of the molecule is CCCCCCCCOc1cc(COC(=O)Nc2ccc3c(c2)Oc2cc(NC(=O)N4CCOCC4)ccc2C32OC(=O)c3ccccc32)ccc1OC. The molecular formula is C42H45N3O9. The molecule has 1 atom stereocenters.